The van der Waals surface area contributed by atoms with E-state index in [1.54, 1.807) is 24.7 Å². The third-order valence-corrected chi connectivity index (χ3v) is 5.95. The van der Waals surface area contributed by atoms with Crippen molar-refractivity contribution in [3.05, 3.63) is 96.7 Å². The van der Waals surface area contributed by atoms with Crippen LogP contribution in [0.25, 0.3) is 6.08 Å². The minimum absolute atomic E-state index is 0.215. The van der Waals surface area contributed by atoms with Crippen LogP contribution in [0.3, 0.4) is 0 Å². The third-order valence-electron chi connectivity index (χ3n) is 4.97. The van der Waals surface area contributed by atoms with Crippen molar-refractivity contribution in [2.24, 2.45) is 4.99 Å². The van der Waals surface area contributed by atoms with E-state index in [0.29, 0.717) is 26.4 Å². The molecule has 30 heavy (non-hydrogen) atoms. The highest BCUT2D eigenvalue weighted by Gasteiger charge is 2.32. The lowest BCUT2D eigenvalue weighted by atomic mass is 9.96. The average Bonchev–Trinajstić information content (AvgIpc) is 3.07. The van der Waals surface area contributed by atoms with E-state index in [0.717, 1.165) is 11.1 Å². The van der Waals surface area contributed by atoms with E-state index in [1.807, 2.05) is 54.6 Å². The number of carbonyl (C=O) groups is 1. The van der Waals surface area contributed by atoms with Crippen LogP contribution in [0.15, 0.2) is 75.7 Å². The Morgan fingerprint density at radius 2 is 1.80 bits per heavy atom. The molecule has 1 aromatic heterocycles. The van der Waals surface area contributed by atoms with Gasteiger partial charge in [0.2, 0.25) is 0 Å². The standard InChI is InChI=1S/C23H20N2O4S/c1-14-19(22(27)29-3)20(15-9-5-4-6-10-15)25-21(26)18(30-23(25)24-14)13-16-11-7-8-12-17(16)28-2/h4-13,20H,1-3H3/b18-13-/t20-/m1/s1. The third kappa shape index (κ3) is 3.37. The van der Waals surface area contributed by atoms with Gasteiger partial charge < -0.3 is 9.47 Å². The van der Waals surface area contributed by atoms with Gasteiger partial charge in [0, 0.05) is 5.56 Å². The summed E-state index contributed by atoms with van der Waals surface area (Å²) in [5.74, 6) is 0.179. The second-order valence-corrected chi connectivity index (χ2v) is 7.74. The van der Waals surface area contributed by atoms with Crippen LogP contribution in [0.4, 0.5) is 0 Å². The molecule has 0 amide bonds. The molecule has 1 aliphatic heterocycles. The summed E-state index contributed by atoms with van der Waals surface area (Å²) in [6.07, 6.45) is 1.79. The van der Waals surface area contributed by atoms with E-state index in [9.17, 15) is 9.59 Å². The van der Waals surface area contributed by atoms with Crippen LogP contribution in [0, 0.1) is 0 Å². The zero-order valence-electron chi connectivity index (χ0n) is 16.8. The molecule has 7 heteroatoms. The Morgan fingerprint density at radius 1 is 1.10 bits per heavy atom. The van der Waals surface area contributed by atoms with E-state index in [-0.39, 0.29) is 5.56 Å². The minimum atomic E-state index is -0.602. The fraction of sp³-hybridized carbons (Fsp3) is 0.174. The molecule has 6 nitrogen and oxygen atoms in total. The number of nitrogens with zero attached hydrogens (tertiary/aromatic N) is 2. The molecule has 0 bridgehead atoms. The number of thiazole rings is 1. The summed E-state index contributed by atoms with van der Waals surface area (Å²) in [5.41, 5.74) is 2.30. The number of hydrogen-bond acceptors (Lipinski definition) is 6. The van der Waals surface area contributed by atoms with Crippen LogP contribution in [-0.4, -0.2) is 24.8 Å². The van der Waals surface area contributed by atoms with Crippen molar-refractivity contribution < 1.29 is 14.3 Å². The molecular formula is C23H20N2O4S. The van der Waals surface area contributed by atoms with Gasteiger partial charge in [-0.25, -0.2) is 9.79 Å². The van der Waals surface area contributed by atoms with E-state index < -0.39 is 12.0 Å². The van der Waals surface area contributed by atoms with Crippen molar-refractivity contribution in [3.63, 3.8) is 0 Å². The molecule has 2 aromatic carbocycles. The van der Waals surface area contributed by atoms with Gasteiger partial charge in [-0.05, 0) is 24.6 Å². The molecular weight excluding hydrogens is 400 g/mol. The van der Waals surface area contributed by atoms with Crippen LogP contribution < -0.4 is 19.6 Å². The van der Waals surface area contributed by atoms with Crippen LogP contribution >= 0.6 is 11.3 Å². The van der Waals surface area contributed by atoms with Crippen LogP contribution in [-0.2, 0) is 9.53 Å². The molecule has 1 aliphatic rings. The number of hydrogen-bond donors (Lipinski definition) is 0. The molecule has 0 unspecified atom stereocenters. The van der Waals surface area contributed by atoms with Crippen molar-refractivity contribution in [1.29, 1.82) is 0 Å². The summed E-state index contributed by atoms with van der Waals surface area (Å²) in [5, 5.41) is 0. The zero-order valence-corrected chi connectivity index (χ0v) is 17.6. The van der Waals surface area contributed by atoms with Gasteiger partial charge in [0.25, 0.3) is 5.56 Å². The molecule has 0 N–H and O–H groups in total. The molecule has 1 atom stereocenters. The Labute approximate surface area is 177 Å². The molecule has 3 aromatic rings. The average molecular weight is 420 g/mol. The van der Waals surface area contributed by atoms with Gasteiger partial charge in [-0.2, -0.15) is 0 Å². The maximum absolute atomic E-state index is 13.4. The van der Waals surface area contributed by atoms with E-state index in [2.05, 4.69) is 4.99 Å². The highest BCUT2D eigenvalue weighted by atomic mass is 32.1. The first-order valence-electron chi connectivity index (χ1n) is 9.34. The van der Waals surface area contributed by atoms with Crippen molar-refractivity contribution in [2.45, 2.75) is 13.0 Å². The molecule has 0 aliphatic carbocycles. The van der Waals surface area contributed by atoms with Crippen molar-refractivity contribution in [2.75, 3.05) is 14.2 Å². The second-order valence-electron chi connectivity index (χ2n) is 6.73. The first kappa shape index (κ1) is 19.8. The van der Waals surface area contributed by atoms with Gasteiger partial charge in [0.1, 0.15) is 5.75 Å². The summed E-state index contributed by atoms with van der Waals surface area (Å²) in [6, 6.07) is 16.3. The number of ether oxygens (including phenoxy) is 2. The van der Waals surface area contributed by atoms with Crippen LogP contribution in [0.2, 0.25) is 0 Å². The Kier molecular flexibility index (Phi) is 5.37. The van der Waals surface area contributed by atoms with Gasteiger partial charge in [-0.1, -0.05) is 59.9 Å². The van der Waals surface area contributed by atoms with Gasteiger partial charge in [-0.15, -0.1) is 0 Å². The first-order valence-corrected chi connectivity index (χ1v) is 10.2. The predicted octanol–water partition coefficient (Wildman–Crippen LogP) is 2.42. The van der Waals surface area contributed by atoms with Gasteiger partial charge in [0.05, 0.1) is 36.1 Å². The number of carbonyl (C=O) groups excluding carboxylic acids is 1. The lowest BCUT2D eigenvalue weighted by Crippen LogP contribution is -2.39. The number of esters is 1. The van der Waals surface area contributed by atoms with Crippen molar-refractivity contribution >= 4 is 23.4 Å². The van der Waals surface area contributed by atoms with E-state index in [1.165, 1.54) is 18.4 Å². The highest BCUT2D eigenvalue weighted by molar-refractivity contribution is 7.07. The van der Waals surface area contributed by atoms with E-state index in [4.69, 9.17) is 9.47 Å². The van der Waals surface area contributed by atoms with Crippen LogP contribution in [0.5, 0.6) is 5.75 Å². The Balaban J connectivity index is 1.99. The summed E-state index contributed by atoms with van der Waals surface area (Å²) in [7, 11) is 2.92. The first-order chi connectivity index (χ1) is 14.5. The SMILES string of the molecule is COC(=O)C1=C(C)N=c2s/c(=C\c3ccccc3OC)c(=O)n2[C@@H]1c1ccccc1. The zero-order chi connectivity index (χ0) is 21.3. The Hall–Kier alpha value is -3.45. The smallest absolute Gasteiger partial charge is 0.338 e. The normalized spacial score (nSPS) is 16.1. The lowest BCUT2D eigenvalue weighted by molar-refractivity contribution is -0.136. The van der Waals surface area contributed by atoms with Crippen molar-refractivity contribution in [3.8, 4) is 5.75 Å². The molecule has 152 valence electrons. The topological polar surface area (TPSA) is 69.9 Å². The lowest BCUT2D eigenvalue weighted by Gasteiger charge is -2.24. The fourth-order valence-corrected chi connectivity index (χ4v) is 4.61. The molecule has 4 rings (SSSR count). The van der Waals surface area contributed by atoms with Gasteiger partial charge in [-0.3, -0.25) is 9.36 Å². The largest absolute Gasteiger partial charge is 0.496 e. The van der Waals surface area contributed by atoms with Gasteiger partial charge >= 0.3 is 5.97 Å². The number of rotatable bonds is 4. The number of allylic oxidation sites excluding steroid dienone is 1. The highest BCUT2D eigenvalue weighted by Crippen LogP contribution is 2.30. The Bertz CT molecular complexity index is 1320. The fourth-order valence-electron chi connectivity index (χ4n) is 3.57. The predicted molar refractivity (Wildman–Crippen MR) is 115 cm³/mol. The number of para-hydroxylation sites is 1. The van der Waals surface area contributed by atoms with Crippen LogP contribution in [0.1, 0.15) is 24.1 Å². The summed E-state index contributed by atoms with van der Waals surface area (Å²) < 4.78 is 12.5. The molecule has 0 saturated carbocycles. The number of aromatic nitrogens is 1. The van der Waals surface area contributed by atoms with E-state index >= 15 is 0 Å². The molecule has 0 saturated heterocycles. The molecule has 0 radical (unpaired) electrons. The number of fused-ring (bicyclic) bond motifs is 1. The summed E-state index contributed by atoms with van der Waals surface area (Å²) >= 11 is 1.29. The summed E-state index contributed by atoms with van der Waals surface area (Å²) in [6.45, 7) is 1.76. The summed E-state index contributed by atoms with van der Waals surface area (Å²) in [4.78, 5) is 31.1. The monoisotopic (exact) mass is 420 g/mol. The minimum Gasteiger partial charge on any atom is -0.496 e. The molecule has 2 heterocycles. The molecule has 0 fully saturated rings. The quantitative estimate of drug-likeness (QED) is 0.608. The second kappa shape index (κ2) is 8.12. The maximum atomic E-state index is 13.4. The maximum Gasteiger partial charge on any atom is 0.338 e. The number of methoxy groups -OCH3 is 2. The van der Waals surface area contributed by atoms with Gasteiger partial charge in [0.15, 0.2) is 4.80 Å². The van der Waals surface area contributed by atoms with Crippen molar-refractivity contribution in [1.82, 2.24) is 4.57 Å². The molecule has 0 spiro atoms. The Morgan fingerprint density at radius 3 is 2.50 bits per heavy atom. The number of benzene rings is 2.